The van der Waals surface area contributed by atoms with E-state index in [1.165, 1.54) is 12.4 Å². The SMILES string of the molecule is CCC(=Nc1ncccn1)N=C(N)C(F)(F)F. The lowest BCUT2D eigenvalue weighted by molar-refractivity contribution is -0.0597. The van der Waals surface area contributed by atoms with E-state index in [9.17, 15) is 13.2 Å². The van der Waals surface area contributed by atoms with Crippen LogP contribution in [0, 0.1) is 0 Å². The van der Waals surface area contributed by atoms with E-state index in [-0.39, 0.29) is 18.2 Å². The van der Waals surface area contributed by atoms with Gasteiger partial charge in [0.1, 0.15) is 5.84 Å². The number of hydrogen-bond donors (Lipinski definition) is 1. The molecule has 17 heavy (non-hydrogen) atoms. The number of nitrogens with two attached hydrogens (primary N) is 1. The maximum absolute atomic E-state index is 12.1. The topological polar surface area (TPSA) is 76.5 Å². The lowest BCUT2D eigenvalue weighted by atomic mass is 10.4. The number of hydrogen-bond acceptors (Lipinski definition) is 3. The molecule has 0 spiro atoms. The first-order valence-corrected chi connectivity index (χ1v) is 4.69. The molecule has 0 amide bonds. The number of halogens is 3. The van der Waals surface area contributed by atoms with Crippen LogP contribution in [-0.4, -0.2) is 27.8 Å². The Balaban J connectivity index is 2.98. The molecule has 0 fully saturated rings. The summed E-state index contributed by atoms with van der Waals surface area (Å²) in [6.07, 6.45) is -1.62. The van der Waals surface area contributed by atoms with Crippen molar-refractivity contribution in [2.45, 2.75) is 19.5 Å². The summed E-state index contributed by atoms with van der Waals surface area (Å²) in [5, 5.41) is 0. The van der Waals surface area contributed by atoms with Crippen LogP contribution in [0.3, 0.4) is 0 Å². The second-order valence-electron chi connectivity index (χ2n) is 2.93. The fourth-order valence-electron chi connectivity index (χ4n) is 0.850. The van der Waals surface area contributed by atoms with E-state index in [1.807, 2.05) is 0 Å². The van der Waals surface area contributed by atoms with Crippen LogP contribution in [-0.2, 0) is 0 Å². The van der Waals surface area contributed by atoms with Gasteiger partial charge in [-0.15, -0.1) is 0 Å². The highest BCUT2D eigenvalue weighted by Gasteiger charge is 2.33. The standard InChI is InChI=1S/C9H10F3N5/c1-2-6(16-7(13)9(10,11)12)17-8-14-4-3-5-15-8/h3-5H,2H2,1H3,(H2,13,14,15,16,17). The maximum Gasteiger partial charge on any atom is 0.449 e. The second kappa shape index (κ2) is 5.37. The van der Waals surface area contributed by atoms with Gasteiger partial charge in [-0.25, -0.2) is 15.0 Å². The molecule has 1 rings (SSSR count). The molecule has 0 aliphatic heterocycles. The van der Waals surface area contributed by atoms with Gasteiger partial charge in [-0.05, 0) is 6.07 Å². The van der Waals surface area contributed by atoms with Gasteiger partial charge in [0.15, 0.2) is 0 Å². The number of rotatable bonds is 2. The van der Waals surface area contributed by atoms with Gasteiger partial charge >= 0.3 is 6.18 Å². The van der Waals surface area contributed by atoms with Crippen molar-refractivity contribution in [3.63, 3.8) is 0 Å². The quantitative estimate of drug-likeness (QED) is 0.638. The van der Waals surface area contributed by atoms with Crippen molar-refractivity contribution in [2.24, 2.45) is 15.7 Å². The second-order valence-corrected chi connectivity index (χ2v) is 2.93. The van der Waals surface area contributed by atoms with Gasteiger partial charge < -0.3 is 5.73 Å². The normalized spacial score (nSPS) is 13.9. The molecule has 2 N–H and O–H groups in total. The molecule has 0 saturated carbocycles. The van der Waals surface area contributed by atoms with E-state index < -0.39 is 12.0 Å². The Labute approximate surface area is 95.3 Å². The minimum Gasteiger partial charge on any atom is -0.380 e. The molecule has 0 radical (unpaired) electrons. The minimum atomic E-state index is -4.66. The Morgan fingerprint density at radius 1 is 1.35 bits per heavy atom. The van der Waals surface area contributed by atoms with Crippen LogP contribution in [0.5, 0.6) is 0 Å². The predicted octanol–water partition coefficient (Wildman–Crippen LogP) is 1.84. The third-order valence-corrected chi connectivity index (χ3v) is 1.64. The summed E-state index contributed by atoms with van der Waals surface area (Å²) in [5.41, 5.74) is 4.78. The molecule has 1 aromatic rings. The van der Waals surface area contributed by atoms with E-state index in [1.54, 1.807) is 13.0 Å². The molecular formula is C9H10F3N5. The van der Waals surface area contributed by atoms with Crippen molar-refractivity contribution < 1.29 is 13.2 Å². The van der Waals surface area contributed by atoms with Crippen molar-refractivity contribution in [2.75, 3.05) is 0 Å². The Morgan fingerprint density at radius 2 is 1.94 bits per heavy atom. The Kier molecular flexibility index (Phi) is 4.13. The third kappa shape index (κ3) is 4.17. The average Bonchev–Trinajstić information content (AvgIpc) is 2.28. The number of aliphatic imine (C=N–C) groups is 2. The highest BCUT2D eigenvalue weighted by atomic mass is 19.4. The summed E-state index contributed by atoms with van der Waals surface area (Å²) in [5.74, 6) is -1.47. The summed E-state index contributed by atoms with van der Waals surface area (Å²) in [6, 6.07) is 1.57. The molecule has 0 aromatic carbocycles. The monoisotopic (exact) mass is 245 g/mol. The Bertz CT molecular complexity index is 424. The zero-order valence-electron chi connectivity index (χ0n) is 8.94. The summed E-state index contributed by atoms with van der Waals surface area (Å²) < 4.78 is 36.4. The van der Waals surface area contributed by atoms with E-state index in [2.05, 4.69) is 20.0 Å². The van der Waals surface area contributed by atoms with Crippen molar-refractivity contribution in [3.8, 4) is 0 Å². The van der Waals surface area contributed by atoms with Gasteiger partial charge in [-0.3, -0.25) is 0 Å². The average molecular weight is 245 g/mol. The van der Waals surface area contributed by atoms with E-state index in [0.717, 1.165) is 0 Å². The summed E-state index contributed by atoms with van der Waals surface area (Å²) in [6.45, 7) is 1.61. The van der Waals surface area contributed by atoms with Gasteiger partial charge in [-0.1, -0.05) is 6.92 Å². The van der Waals surface area contributed by atoms with E-state index >= 15 is 0 Å². The summed E-state index contributed by atoms with van der Waals surface area (Å²) in [4.78, 5) is 14.5. The lowest BCUT2D eigenvalue weighted by Gasteiger charge is -2.05. The largest absolute Gasteiger partial charge is 0.449 e. The molecular weight excluding hydrogens is 235 g/mol. The predicted molar refractivity (Wildman–Crippen MR) is 57.1 cm³/mol. The van der Waals surface area contributed by atoms with Crippen LogP contribution < -0.4 is 5.73 Å². The summed E-state index contributed by atoms with van der Waals surface area (Å²) in [7, 11) is 0. The van der Waals surface area contributed by atoms with Gasteiger partial charge in [0.05, 0.1) is 0 Å². The first-order chi connectivity index (χ1) is 7.93. The van der Waals surface area contributed by atoms with Crippen molar-refractivity contribution in [1.29, 1.82) is 0 Å². The van der Waals surface area contributed by atoms with Crippen molar-refractivity contribution in [3.05, 3.63) is 18.5 Å². The van der Waals surface area contributed by atoms with Crippen molar-refractivity contribution in [1.82, 2.24) is 9.97 Å². The molecule has 5 nitrogen and oxygen atoms in total. The molecule has 0 atom stereocenters. The minimum absolute atomic E-state index is 0.0445. The molecule has 0 aliphatic rings. The molecule has 0 aliphatic carbocycles. The first-order valence-electron chi connectivity index (χ1n) is 4.69. The smallest absolute Gasteiger partial charge is 0.380 e. The molecule has 1 aromatic heterocycles. The zero-order chi connectivity index (χ0) is 12.9. The first kappa shape index (κ1) is 13.1. The fraction of sp³-hybridized carbons (Fsp3) is 0.333. The van der Waals surface area contributed by atoms with Crippen LogP contribution in [0.4, 0.5) is 19.1 Å². The van der Waals surface area contributed by atoms with E-state index in [4.69, 9.17) is 5.73 Å². The number of aromatic nitrogens is 2. The number of alkyl halides is 3. The number of amidine groups is 2. The van der Waals surface area contributed by atoms with Gasteiger partial charge in [0.2, 0.25) is 5.84 Å². The fourth-order valence-corrected chi connectivity index (χ4v) is 0.850. The molecule has 8 heteroatoms. The Morgan fingerprint density at radius 3 is 2.41 bits per heavy atom. The van der Waals surface area contributed by atoms with Crippen LogP contribution in [0.1, 0.15) is 13.3 Å². The lowest BCUT2D eigenvalue weighted by Crippen LogP contribution is -2.32. The molecule has 1 heterocycles. The van der Waals surface area contributed by atoms with Gasteiger partial charge in [0.25, 0.3) is 5.95 Å². The van der Waals surface area contributed by atoms with Crippen LogP contribution in [0.15, 0.2) is 28.4 Å². The highest BCUT2D eigenvalue weighted by Crippen LogP contribution is 2.15. The summed E-state index contributed by atoms with van der Waals surface area (Å²) >= 11 is 0. The van der Waals surface area contributed by atoms with Crippen LogP contribution in [0.25, 0.3) is 0 Å². The highest BCUT2D eigenvalue weighted by molar-refractivity contribution is 5.99. The van der Waals surface area contributed by atoms with Crippen LogP contribution >= 0.6 is 0 Å². The Hall–Kier alpha value is -1.99. The number of nitrogens with zero attached hydrogens (tertiary/aromatic N) is 4. The molecule has 0 saturated heterocycles. The molecule has 92 valence electrons. The zero-order valence-corrected chi connectivity index (χ0v) is 8.94. The van der Waals surface area contributed by atoms with Gasteiger partial charge in [0, 0.05) is 18.8 Å². The van der Waals surface area contributed by atoms with E-state index in [0.29, 0.717) is 0 Å². The van der Waals surface area contributed by atoms with Gasteiger partial charge in [-0.2, -0.15) is 18.2 Å². The molecule has 0 bridgehead atoms. The van der Waals surface area contributed by atoms with Crippen molar-refractivity contribution >= 4 is 17.6 Å². The third-order valence-electron chi connectivity index (χ3n) is 1.64. The molecule has 0 unspecified atom stereocenters. The maximum atomic E-state index is 12.1. The van der Waals surface area contributed by atoms with Crippen LogP contribution in [0.2, 0.25) is 0 Å².